The van der Waals surface area contributed by atoms with Gasteiger partial charge in [-0.1, -0.05) is 23.7 Å². The zero-order chi connectivity index (χ0) is 18.6. The van der Waals surface area contributed by atoms with Crippen molar-refractivity contribution < 1.29 is 14.6 Å². The second-order valence-corrected chi connectivity index (χ2v) is 7.51. The van der Waals surface area contributed by atoms with E-state index in [2.05, 4.69) is 15.9 Å². The topological polar surface area (TPSA) is 45.2 Å². The van der Waals surface area contributed by atoms with Crippen molar-refractivity contribution in [2.45, 2.75) is 6.54 Å². The largest absolute Gasteiger partial charge is 0.504 e. The highest BCUT2D eigenvalue weighted by Gasteiger charge is 2.20. The molecule has 2 heterocycles. The van der Waals surface area contributed by atoms with E-state index >= 15 is 0 Å². The molecule has 0 amide bonds. The normalized spacial score (nSPS) is 18.6. The number of phenolic OH excluding ortho intramolecular Hbond substituents is 1. The van der Waals surface area contributed by atoms with Crippen LogP contribution >= 0.6 is 11.6 Å². The molecule has 144 valence electrons. The predicted octanol–water partition coefficient (Wildman–Crippen LogP) is 3.24. The summed E-state index contributed by atoms with van der Waals surface area (Å²) in [6.45, 7) is 7.85. The number of hydrogen-bond acceptors (Lipinski definition) is 5. The number of hydrogen-bond donors (Lipinski definition) is 1. The molecule has 6 heteroatoms. The van der Waals surface area contributed by atoms with Crippen molar-refractivity contribution in [1.29, 1.82) is 0 Å². The number of ether oxygens (including phenoxy) is 2. The third-order valence-electron chi connectivity index (χ3n) is 5.19. The lowest BCUT2D eigenvalue weighted by Gasteiger charge is -2.29. The van der Waals surface area contributed by atoms with Crippen molar-refractivity contribution in [3.8, 4) is 22.6 Å². The van der Waals surface area contributed by atoms with Crippen LogP contribution in [0.25, 0.3) is 11.1 Å². The molecule has 5 nitrogen and oxygen atoms in total. The Morgan fingerprint density at radius 1 is 0.926 bits per heavy atom. The first kappa shape index (κ1) is 18.6. The van der Waals surface area contributed by atoms with Gasteiger partial charge < -0.3 is 14.6 Å². The summed E-state index contributed by atoms with van der Waals surface area (Å²) in [5.41, 5.74) is 2.96. The van der Waals surface area contributed by atoms with Crippen LogP contribution in [0.5, 0.6) is 11.5 Å². The maximum absolute atomic E-state index is 10.5. The van der Waals surface area contributed by atoms with Gasteiger partial charge in [0.25, 0.3) is 0 Å². The summed E-state index contributed by atoms with van der Waals surface area (Å²) in [6, 6.07) is 11.6. The molecule has 0 radical (unpaired) electrons. The molecule has 4 rings (SSSR count). The summed E-state index contributed by atoms with van der Waals surface area (Å²) in [4.78, 5) is 4.83. The fraction of sp³-hybridized carbons (Fsp3) is 0.429. The second-order valence-electron chi connectivity index (χ2n) is 7.07. The van der Waals surface area contributed by atoms with Crippen molar-refractivity contribution in [3.63, 3.8) is 0 Å². The summed E-state index contributed by atoms with van der Waals surface area (Å²) in [5, 5.41) is 11.2. The molecule has 2 aliphatic rings. The lowest BCUT2D eigenvalue weighted by atomic mass is 10.0. The van der Waals surface area contributed by atoms with Gasteiger partial charge in [-0.15, -0.1) is 0 Å². The van der Waals surface area contributed by atoms with Crippen LogP contribution in [-0.4, -0.2) is 67.5 Å². The van der Waals surface area contributed by atoms with E-state index < -0.39 is 0 Å². The van der Waals surface area contributed by atoms with E-state index in [9.17, 15) is 5.11 Å². The monoisotopic (exact) mass is 388 g/mol. The predicted molar refractivity (Wildman–Crippen MR) is 107 cm³/mol. The Morgan fingerprint density at radius 2 is 1.70 bits per heavy atom. The van der Waals surface area contributed by atoms with E-state index in [1.807, 2.05) is 24.3 Å². The van der Waals surface area contributed by atoms with Gasteiger partial charge >= 0.3 is 0 Å². The van der Waals surface area contributed by atoms with Crippen molar-refractivity contribution in [2.24, 2.45) is 0 Å². The highest BCUT2D eigenvalue weighted by atomic mass is 35.5. The van der Waals surface area contributed by atoms with Crippen LogP contribution < -0.4 is 4.74 Å². The SMILES string of the molecule is Oc1cc(-c2cccc(Cl)c2)cc2c1OCCN(CCN1CCOCC1)C2. The zero-order valence-corrected chi connectivity index (χ0v) is 16.1. The summed E-state index contributed by atoms with van der Waals surface area (Å²) in [6.07, 6.45) is 0. The molecule has 0 aromatic heterocycles. The number of phenols is 1. The number of rotatable bonds is 4. The number of morpholine rings is 1. The van der Waals surface area contributed by atoms with Crippen LogP contribution in [0.1, 0.15) is 5.56 Å². The molecule has 2 aromatic rings. The smallest absolute Gasteiger partial charge is 0.165 e. The van der Waals surface area contributed by atoms with Crippen molar-refractivity contribution >= 4 is 11.6 Å². The van der Waals surface area contributed by atoms with Crippen LogP contribution in [0.4, 0.5) is 0 Å². The fourth-order valence-corrected chi connectivity index (χ4v) is 3.88. The van der Waals surface area contributed by atoms with Crippen LogP contribution in [-0.2, 0) is 11.3 Å². The highest BCUT2D eigenvalue weighted by molar-refractivity contribution is 6.30. The summed E-state index contributed by atoms with van der Waals surface area (Å²) < 4.78 is 11.3. The van der Waals surface area contributed by atoms with Gasteiger partial charge in [0.2, 0.25) is 0 Å². The maximum Gasteiger partial charge on any atom is 0.165 e. The molecule has 0 saturated carbocycles. The van der Waals surface area contributed by atoms with Gasteiger partial charge in [-0.3, -0.25) is 9.80 Å². The Hall–Kier alpha value is -1.79. The molecule has 2 aromatic carbocycles. The van der Waals surface area contributed by atoms with Crippen molar-refractivity contribution in [2.75, 3.05) is 52.5 Å². The number of fused-ring (bicyclic) bond motifs is 1. The molecular weight excluding hydrogens is 364 g/mol. The fourth-order valence-electron chi connectivity index (χ4n) is 3.69. The third-order valence-corrected chi connectivity index (χ3v) is 5.42. The number of nitrogens with zero attached hydrogens (tertiary/aromatic N) is 2. The summed E-state index contributed by atoms with van der Waals surface area (Å²) in [5.74, 6) is 0.798. The van der Waals surface area contributed by atoms with E-state index in [0.29, 0.717) is 17.4 Å². The number of halogens is 1. The Balaban J connectivity index is 1.52. The average molecular weight is 389 g/mol. The van der Waals surface area contributed by atoms with Crippen LogP contribution in [0.2, 0.25) is 5.02 Å². The lowest BCUT2D eigenvalue weighted by molar-refractivity contribution is 0.0327. The van der Waals surface area contributed by atoms with Gasteiger partial charge in [0.05, 0.1) is 13.2 Å². The molecule has 27 heavy (non-hydrogen) atoms. The minimum atomic E-state index is 0.192. The third kappa shape index (κ3) is 4.55. The lowest BCUT2D eigenvalue weighted by Crippen LogP contribution is -2.41. The first-order valence-corrected chi connectivity index (χ1v) is 9.84. The zero-order valence-electron chi connectivity index (χ0n) is 15.4. The number of benzene rings is 2. The first-order chi connectivity index (χ1) is 13.2. The molecule has 0 bridgehead atoms. The summed E-state index contributed by atoms with van der Waals surface area (Å²) >= 11 is 6.13. The van der Waals surface area contributed by atoms with E-state index in [1.165, 1.54) is 0 Å². The molecule has 1 saturated heterocycles. The molecule has 1 N–H and O–H groups in total. The van der Waals surface area contributed by atoms with Gasteiger partial charge in [-0.05, 0) is 35.4 Å². The Labute approximate surface area is 165 Å². The minimum absolute atomic E-state index is 0.192. The number of aromatic hydroxyl groups is 1. The quantitative estimate of drug-likeness (QED) is 0.871. The van der Waals surface area contributed by atoms with Crippen molar-refractivity contribution in [3.05, 3.63) is 47.0 Å². The van der Waals surface area contributed by atoms with E-state index in [0.717, 1.165) is 69.2 Å². The molecule has 1 fully saturated rings. The average Bonchev–Trinajstić information content (AvgIpc) is 2.89. The standard InChI is InChI=1S/C21H25ClN2O3/c22-19-3-1-2-16(13-19)17-12-18-15-24(5-4-23-6-9-26-10-7-23)8-11-27-21(18)20(25)14-17/h1-3,12-14,25H,4-11,15H2. The van der Waals surface area contributed by atoms with E-state index in [1.54, 1.807) is 6.07 Å². The summed E-state index contributed by atoms with van der Waals surface area (Å²) in [7, 11) is 0. The van der Waals surface area contributed by atoms with Crippen LogP contribution in [0.15, 0.2) is 36.4 Å². The molecule has 2 aliphatic heterocycles. The maximum atomic E-state index is 10.5. The van der Waals surface area contributed by atoms with E-state index in [4.69, 9.17) is 21.1 Å². The van der Waals surface area contributed by atoms with E-state index in [-0.39, 0.29) is 5.75 Å². The minimum Gasteiger partial charge on any atom is -0.504 e. The second kappa shape index (κ2) is 8.48. The van der Waals surface area contributed by atoms with Gasteiger partial charge in [-0.25, -0.2) is 0 Å². The molecule has 0 unspecified atom stereocenters. The van der Waals surface area contributed by atoms with Gasteiger partial charge in [0, 0.05) is 49.9 Å². The van der Waals surface area contributed by atoms with Crippen LogP contribution in [0.3, 0.4) is 0 Å². The van der Waals surface area contributed by atoms with Gasteiger partial charge in [0.15, 0.2) is 11.5 Å². The Bertz CT molecular complexity index is 793. The molecular formula is C21H25ClN2O3. The first-order valence-electron chi connectivity index (χ1n) is 9.46. The highest BCUT2D eigenvalue weighted by Crippen LogP contribution is 2.38. The van der Waals surface area contributed by atoms with Gasteiger partial charge in [0.1, 0.15) is 6.61 Å². The Kier molecular flexibility index (Phi) is 5.83. The van der Waals surface area contributed by atoms with Gasteiger partial charge in [-0.2, -0.15) is 0 Å². The van der Waals surface area contributed by atoms with Crippen molar-refractivity contribution in [1.82, 2.24) is 9.80 Å². The molecule has 0 spiro atoms. The molecule has 0 aliphatic carbocycles. The van der Waals surface area contributed by atoms with Crippen LogP contribution in [0, 0.1) is 0 Å². The molecule has 0 atom stereocenters. The Morgan fingerprint density at radius 3 is 2.52 bits per heavy atom.